The standard InChI is InChI=1S/C22H38N4S/c1-22(2,3)18-8-10-20(11-9-18)26-15-12-19(13-16-26)25-21(23-4)24-14-6-7-17-27-5/h8-11,19H,6-7,12-17H2,1-5H3,(H2,23,24,25). The van der Waals surface area contributed by atoms with Gasteiger partial charge in [-0.2, -0.15) is 11.8 Å². The first-order valence-electron chi connectivity index (χ1n) is 10.3. The molecule has 0 amide bonds. The molecule has 1 aliphatic heterocycles. The van der Waals surface area contributed by atoms with Gasteiger partial charge in [-0.3, -0.25) is 4.99 Å². The minimum absolute atomic E-state index is 0.216. The molecule has 4 nitrogen and oxygen atoms in total. The van der Waals surface area contributed by atoms with E-state index in [-0.39, 0.29) is 5.41 Å². The van der Waals surface area contributed by atoms with E-state index in [2.05, 4.69) is 71.8 Å². The van der Waals surface area contributed by atoms with Crippen molar-refractivity contribution in [3.63, 3.8) is 0 Å². The molecule has 0 radical (unpaired) electrons. The second-order valence-electron chi connectivity index (χ2n) is 8.40. The molecule has 1 aromatic carbocycles. The van der Waals surface area contributed by atoms with E-state index in [9.17, 15) is 0 Å². The smallest absolute Gasteiger partial charge is 0.191 e. The van der Waals surface area contributed by atoms with Crippen LogP contribution in [0.5, 0.6) is 0 Å². The predicted molar refractivity (Wildman–Crippen MR) is 122 cm³/mol. The zero-order valence-corrected chi connectivity index (χ0v) is 18.7. The highest BCUT2D eigenvalue weighted by Crippen LogP contribution is 2.26. The monoisotopic (exact) mass is 390 g/mol. The Labute approximate surface area is 170 Å². The topological polar surface area (TPSA) is 39.7 Å². The Hall–Kier alpha value is -1.36. The van der Waals surface area contributed by atoms with Gasteiger partial charge in [0.1, 0.15) is 0 Å². The molecule has 1 saturated heterocycles. The van der Waals surface area contributed by atoms with Crippen LogP contribution in [0.2, 0.25) is 0 Å². The van der Waals surface area contributed by atoms with Gasteiger partial charge in [0.25, 0.3) is 0 Å². The van der Waals surface area contributed by atoms with E-state index in [4.69, 9.17) is 0 Å². The van der Waals surface area contributed by atoms with Crippen LogP contribution < -0.4 is 15.5 Å². The van der Waals surface area contributed by atoms with Crippen molar-refractivity contribution in [2.24, 2.45) is 4.99 Å². The van der Waals surface area contributed by atoms with E-state index in [1.165, 1.54) is 29.8 Å². The second kappa shape index (κ2) is 10.8. The number of thioether (sulfide) groups is 1. The maximum atomic E-state index is 4.39. The minimum atomic E-state index is 0.216. The second-order valence-corrected chi connectivity index (χ2v) is 9.39. The lowest BCUT2D eigenvalue weighted by molar-refractivity contribution is 0.461. The summed E-state index contributed by atoms with van der Waals surface area (Å²) in [6.45, 7) is 9.99. The Morgan fingerprint density at radius 2 is 1.81 bits per heavy atom. The van der Waals surface area contributed by atoms with E-state index in [0.29, 0.717) is 6.04 Å². The number of anilines is 1. The Kier molecular flexibility index (Phi) is 8.81. The van der Waals surface area contributed by atoms with Gasteiger partial charge in [0, 0.05) is 38.4 Å². The largest absolute Gasteiger partial charge is 0.371 e. The number of nitrogens with one attached hydrogen (secondary N) is 2. The van der Waals surface area contributed by atoms with E-state index in [0.717, 1.165) is 38.4 Å². The van der Waals surface area contributed by atoms with Gasteiger partial charge >= 0.3 is 0 Å². The van der Waals surface area contributed by atoms with Crippen LogP contribution in [-0.4, -0.2) is 50.7 Å². The van der Waals surface area contributed by atoms with Gasteiger partial charge < -0.3 is 15.5 Å². The molecule has 0 spiro atoms. The third kappa shape index (κ3) is 7.28. The van der Waals surface area contributed by atoms with Crippen LogP contribution >= 0.6 is 11.8 Å². The van der Waals surface area contributed by atoms with Crippen molar-refractivity contribution in [2.45, 2.75) is 57.9 Å². The van der Waals surface area contributed by atoms with Crippen molar-refractivity contribution in [2.75, 3.05) is 43.6 Å². The maximum Gasteiger partial charge on any atom is 0.191 e. The molecule has 1 fully saturated rings. The number of piperidine rings is 1. The molecule has 0 unspecified atom stereocenters. The molecule has 2 rings (SSSR count). The van der Waals surface area contributed by atoms with Gasteiger partial charge in [-0.25, -0.2) is 0 Å². The van der Waals surface area contributed by atoms with E-state index in [1.807, 2.05) is 18.8 Å². The van der Waals surface area contributed by atoms with E-state index >= 15 is 0 Å². The van der Waals surface area contributed by atoms with Crippen LogP contribution in [0.1, 0.15) is 52.0 Å². The van der Waals surface area contributed by atoms with Crippen molar-refractivity contribution in [3.05, 3.63) is 29.8 Å². The van der Waals surface area contributed by atoms with E-state index < -0.39 is 0 Å². The van der Waals surface area contributed by atoms with Gasteiger partial charge in [0.05, 0.1) is 0 Å². The fourth-order valence-electron chi connectivity index (χ4n) is 3.42. The zero-order chi connectivity index (χ0) is 19.7. The lowest BCUT2D eigenvalue weighted by atomic mass is 9.87. The number of benzene rings is 1. The van der Waals surface area contributed by atoms with Crippen LogP contribution in [0, 0.1) is 0 Å². The van der Waals surface area contributed by atoms with Gasteiger partial charge in [0.15, 0.2) is 5.96 Å². The third-order valence-electron chi connectivity index (χ3n) is 5.23. The lowest BCUT2D eigenvalue weighted by Gasteiger charge is -2.35. The normalized spacial score (nSPS) is 16.5. The highest BCUT2D eigenvalue weighted by molar-refractivity contribution is 7.98. The first-order valence-corrected chi connectivity index (χ1v) is 11.6. The number of guanidine groups is 1. The fourth-order valence-corrected chi connectivity index (χ4v) is 3.91. The van der Waals surface area contributed by atoms with Crippen LogP contribution in [0.3, 0.4) is 0 Å². The van der Waals surface area contributed by atoms with Crippen LogP contribution in [-0.2, 0) is 5.41 Å². The van der Waals surface area contributed by atoms with Gasteiger partial charge in [-0.15, -0.1) is 0 Å². The first kappa shape index (κ1) is 21.9. The molecule has 1 heterocycles. The summed E-state index contributed by atoms with van der Waals surface area (Å²) in [5.41, 5.74) is 2.96. The van der Waals surface area contributed by atoms with Crippen molar-refractivity contribution >= 4 is 23.4 Å². The van der Waals surface area contributed by atoms with Crippen molar-refractivity contribution < 1.29 is 0 Å². The molecule has 27 heavy (non-hydrogen) atoms. The highest BCUT2D eigenvalue weighted by atomic mass is 32.2. The molecule has 0 aliphatic carbocycles. The molecule has 0 bridgehead atoms. The van der Waals surface area contributed by atoms with Crippen LogP contribution in [0.25, 0.3) is 0 Å². The molecule has 2 N–H and O–H groups in total. The summed E-state index contributed by atoms with van der Waals surface area (Å²) in [7, 11) is 1.86. The van der Waals surface area contributed by atoms with Gasteiger partial charge in [-0.05, 0) is 60.8 Å². The molecule has 1 aromatic rings. The number of hydrogen-bond acceptors (Lipinski definition) is 3. The SMILES string of the molecule is CN=C(NCCCCSC)NC1CCN(c2ccc(C(C)(C)C)cc2)CC1. The molecule has 0 atom stereocenters. The fraction of sp³-hybridized carbons (Fsp3) is 0.682. The van der Waals surface area contributed by atoms with Crippen LogP contribution in [0.4, 0.5) is 5.69 Å². The average Bonchev–Trinajstić information content (AvgIpc) is 2.67. The molecule has 0 aromatic heterocycles. The van der Waals surface area contributed by atoms with Crippen LogP contribution in [0.15, 0.2) is 29.3 Å². The molecule has 1 aliphatic rings. The third-order valence-corrected chi connectivity index (χ3v) is 5.92. The quantitative estimate of drug-likeness (QED) is 0.414. The van der Waals surface area contributed by atoms with Crippen molar-refractivity contribution in [3.8, 4) is 0 Å². The van der Waals surface area contributed by atoms with Crippen molar-refractivity contribution in [1.29, 1.82) is 0 Å². The number of aliphatic imine (C=N–C) groups is 1. The summed E-state index contributed by atoms with van der Waals surface area (Å²) in [6, 6.07) is 9.63. The lowest BCUT2D eigenvalue weighted by Crippen LogP contribution is -2.48. The Morgan fingerprint density at radius 3 is 2.37 bits per heavy atom. The number of hydrogen-bond donors (Lipinski definition) is 2. The van der Waals surface area contributed by atoms with Gasteiger partial charge in [0.2, 0.25) is 0 Å². The summed E-state index contributed by atoms with van der Waals surface area (Å²) in [4.78, 5) is 6.89. The number of unbranched alkanes of at least 4 members (excludes halogenated alkanes) is 1. The summed E-state index contributed by atoms with van der Waals surface area (Å²) in [5, 5.41) is 7.06. The summed E-state index contributed by atoms with van der Waals surface area (Å²) < 4.78 is 0. The first-order chi connectivity index (χ1) is 12.9. The highest BCUT2D eigenvalue weighted by Gasteiger charge is 2.21. The van der Waals surface area contributed by atoms with E-state index in [1.54, 1.807) is 0 Å². The molecular weight excluding hydrogens is 352 g/mol. The Morgan fingerprint density at radius 1 is 1.15 bits per heavy atom. The summed E-state index contributed by atoms with van der Waals surface area (Å²) in [5.74, 6) is 2.19. The minimum Gasteiger partial charge on any atom is -0.371 e. The Balaban J connectivity index is 1.76. The summed E-state index contributed by atoms with van der Waals surface area (Å²) >= 11 is 1.92. The predicted octanol–water partition coefficient (Wildman–Crippen LogP) is 4.26. The van der Waals surface area contributed by atoms with Gasteiger partial charge in [-0.1, -0.05) is 32.9 Å². The zero-order valence-electron chi connectivity index (χ0n) is 17.8. The molecule has 152 valence electrons. The molecule has 0 saturated carbocycles. The summed E-state index contributed by atoms with van der Waals surface area (Å²) in [6.07, 6.45) is 6.92. The number of nitrogens with zero attached hydrogens (tertiary/aromatic N) is 2. The maximum absolute atomic E-state index is 4.39. The van der Waals surface area contributed by atoms with Crippen molar-refractivity contribution in [1.82, 2.24) is 10.6 Å². The average molecular weight is 391 g/mol. The molecular formula is C22H38N4S. The number of rotatable bonds is 7. The molecule has 5 heteroatoms. The Bertz CT molecular complexity index is 569.